The van der Waals surface area contributed by atoms with Crippen LogP contribution >= 0.6 is 0 Å². The summed E-state index contributed by atoms with van der Waals surface area (Å²) in [6.45, 7) is 3.63. The Hall–Kier alpha value is -1.17. The Balaban J connectivity index is 2.61. The van der Waals surface area contributed by atoms with Gasteiger partial charge < -0.3 is 15.2 Å². The number of anilines is 1. The maximum atomic E-state index is 13.4. The monoisotopic (exact) mass is 270 g/mol. The van der Waals surface area contributed by atoms with Gasteiger partial charge in [-0.3, -0.25) is 4.90 Å². The third-order valence-electron chi connectivity index (χ3n) is 2.97. The topological polar surface area (TPSA) is 47.7 Å². The molecule has 1 rings (SSSR count). The lowest BCUT2D eigenvalue weighted by Gasteiger charge is -2.22. The van der Waals surface area contributed by atoms with Gasteiger partial charge in [0, 0.05) is 40.5 Å². The summed E-state index contributed by atoms with van der Waals surface area (Å²) in [5.74, 6) is -0.360. The molecular formula is C14H23FN2O2. The Bertz CT molecular complexity index is 374. The molecule has 1 aromatic rings. The van der Waals surface area contributed by atoms with Crippen molar-refractivity contribution in [1.82, 2.24) is 4.90 Å². The lowest BCUT2D eigenvalue weighted by Crippen LogP contribution is -2.29. The second-order valence-electron chi connectivity index (χ2n) is 4.43. The van der Waals surface area contributed by atoms with Crippen LogP contribution in [0.5, 0.6) is 0 Å². The van der Waals surface area contributed by atoms with E-state index in [2.05, 4.69) is 4.90 Å². The molecule has 19 heavy (non-hydrogen) atoms. The van der Waals surface area contributed by atoms with Gasteiger partial charge in [-0.05, 0) is 18.1 Å². The smallest absolute Gasteiger partial charge is 0.146 e. The second kappa shape index (κ2) is 8.85. The van der Waals surface area contributed by atoms with Crippen LogP contribution in [0.4, 0.5) is 10.1 Å². The van der Waals surface area contributed by atoms with E-state index in [1.165, 1.54) is 6.07 Å². The van der Waals surface area contributed by atoms with Crippen LogP contribution < -0.4 is 5.73 Å². The average Bonchev–Trinajstić information content (AvgIpc) is 2.41. The van der Waals surface area contributed by atoms with E-state index in [-0.39, 0.29) is 11.5 Å². The molecule has 1 aromatic carbocycles. The first-order valence-corrected chi connectivity index (χ1v) is 6.42. The molecule has 0 fully saturated rings. The molecule has 0 heterocycles. The number of rotatable bonds is 9. The van der Waals surface area contributed by atoms with Gasteiger partial charge in [0.1, 0.15) is 5.82 Å². The number of benzene rings is 1. The van der Waals surface area contributed by atoms with Gasteiger partial charge in [-0.15, -0.1) is 0 Å². The fourth-order valence-electron chi connectivity index (χ4n) is 1.88. The van der Waals surface area contributed by atoms with E-state index in [0.29, 0.717) is 19.8 Å². The fraction of sp³-hybridized carbons (Fsp3) is 0.571. The Kier molecular flexibility index (Phi) is 7.40. The Labute approximate surface area is 114 Å². The first-order valence-electron chi connectivity index (χ1n) is 6.42. The van der Waals surface area contributed by atoms with E-state index in [9.17, 15) is 4.39 Å². The summed E-state index contributed by atoms with van der Waals surface area (Å²) in [7, 11) is 3.36. The van der Waals surface area contributed by atoms with Crippen molar-refractivity contribution in [3.8, 4) is 0 Å². The van der Waals surface area contributed by atoms with Crippen LogP contribution in [0, 0.1) is 5.82 Å². The van der Waals surface area contributed by atoms with Crippen molar-refractivity contribution in [2.45, 2.75) is 13.0 Å². The van der Waals surface area contributed by atoms with Crippen LogP contribution in [-0.2, 0) is 16.0 Å². The summed E-state index contributed by atoms with van der Waals surface area (Å²) in [6, 6.07) is 4.92. The van der Waals surface area contributed by atoms with Gasteiger partial charge in [-0.2, -0.15) is 0 Å². The molecule has 0 aromatic heterocycles. The predicted molar refractivity (Wildman–Crippen MR) is 74.5 cm³/mol. The maximum Gasteiger partial charge on any atom is 0.146 e. The number of methoxy groups -OCH3 is 2. The molecule has 2 N–H and O–H groups in total. The minimum atomic E-state index is -0.360. The van der Waals surface area contributed by atoms with Gasteiger partial charge in [0.2, 0.25) is 0 Å². The van der Waals surface area contributed by atoms with Gasteiger partial charge in [-0.25, -0.2) is 4.39 Å². The molecule has 0 spiro atoms. The zero-order valence-electron chi connectivity index (χ0n) is 11.7. The molecule has 0 aliphatic rings. The number of halogens is 1. The Morgan fingerprint density at radius 2 is 1.89 bits per heavy atom. The van der Waals surface area contributed by atoms with E-state index in [1.54, 1.807) is 20.3 Å². The first-order chi connectivity index (χ1) is 9.19. The zero-order chi connectivity index (χ0) is 14.1. The number of nitrogens with two attached hydrogens (primary N) is 1. The minimum absolute atomic E-state index is 0.233. The van der Waals surface area contributed by atoms with E-state index in [0.717, 1.165) is 25.1 Å². The molecule has 4 nitrogen and oxygen atoms in total. The van der Waals surface area contributed by atoms with Gasteiger partial charge in [0.25, 0.3) is 0 Å². The highest BCUT2D eigenvalue weighted by molar-refractivity contribution is 5.47. The first kappa shape index (κ1) is 15.9. The summed E-state index contributed by atoms with van der Waals surface area (Å²) < 4.78 is 23.5. The van der Waals surface area contributed by atoms with Crippen molar-refractivity contribution in [3.05, 3.63) is 29.6 Å². The number of nitrogens with zero attached hydrogens (tertiary/aromatic N) is 1. The van der Waals surface area contributed by atoms with E-state index >= 15 is 0 Å². The van der Waals surface area contributed by atoms with E-state index in [4.69, 9.17) is 15.2 Å². The quantitative estimate of drug-likeness (QED) is 0.550. The normalized spacial score (nSPS) is 11.2. The number of hydrogen-bond acceptors (Lipinski definition) is 4. The van der Waals surface area contributed by atoms with E-state index in [1.807, 2.05) is 6.07 Å². The summed E-state index contributed by atoms with van der Waals surface area (Å²) in [6.07, 6.45) is 0.926. The van der Waals surface area contributed by atoms with Crippen molar-refractivity contribution in [2.75, 3.05) is 46.3 Å². The molecule has 0 saturated carbocycles. The predicted octanol–water partition coefficient (Wildman–Crippen LogP) is 1.89. The lowest BCUT2D eigenvalue weighted by molar-refractivity contribution is 0.129. The maximum absolute atomic E-state index is 13.4. The Morgan fingerprint density at radius 3 is 2.58 bits per heavy atom. The van der Waals surface area contributed by atoms with Crippen LogP contribution in [0.3, 0.4) is 0 Å². The lowest BCUT2D eigenvalue weighted by atomic mass is 10.1. The summed E-state index contributed by atoms with van der Waals surface area (Å²) >= 11 is 0. The van der Waals surface area contributed by atoms with Crippen LogP contribution in [0.15, 0.2) is 18.2 Å². The molecule has 0 bridgehead atoms. The molecule has 108 valence electrons. The molecule has 0 amide bonds. The molecule has 5 heteroatoms. The molecule has 0 aliphatic carbocycles. The van der Waals surface area contributed by atoms with Crippen molar-refractivity contribution >= 4 is 5.69 Å². The minimum Gasteiger partial charge on any atom is -0.396 e. The summed E-state index contributed by atoms with van der Waals surface area (Å²) in [5.41, 5.74) is 6.80. The summed E-state index contributed by atoms with van der Waals surface area (Å²) in [5, 5.41) is 0. The third kappa shape index (κ3) is 5.55. The number of nitrogen functional groups attached to an aromatic ring is 1. The van der Waals surface area contributed by atoms with E-state index < -0.39 is 0 Å². The van der Waals surface area contributed by atoms with Gasteiger partial charge in [-0.1, -0.05) is 12.1 Å². The molecule has 0 radical (unpaired) electrons. The highest BCUT2D eigenvalue weighted by Gasteiger charge is 2.10. The number of hydrogen-bond donors (Lipinski definition) is 1. The SMILES string of the molecule is COCCCN(CCOC)Cc1cccc(F)c1N. The highest BCUT2D eigenvalue weighted by Crippen LogP contribution is 2.17. The molecule has 0 unspecified atom stereocenters. The number of ether oxygens (including phenoxy) is 2. The largest absolute Gasteiger partial charge is 0.396 e. The van der Waals surface area contributed by atoms with Crippen LogP contribution in [0.25, 0.3) is 0 Å². The standard InChI is InChI=1S/C14H23FN2O2/c1-18-9-4-7-17(8-10-19-2)11-12-5-3-6-13(15)14(12)16/h3,5-6H,4,7-11,16H2,1-2H3. The zero-order valence-corrected chi connectivity index (χ0v) is 11.7. The average molecular weight is 270 g/mol. The molecule has 0 saturated heterocycles. The van der Waals surface area contributed by atoms with Gasteiger partial charge in [0.05, 0.1) is 12.3 Å². The fourth-order valence-corrected chi connectivity index (χ4v) is 1.88. The molecule has 0 aliphatic heterocycles. The summed E-state index contributed by atoms with van der Waals surface area (Å²) in [4.78, 5) is 2.19. The van der Waals surface area contributed by atoms with Crippen molar-refractivity contribution in [2.24, 2.45) is 0 Å². The van der Waals surface area contributed by atoms with Crippen LogP contribution in [0.2, 0.25) is 0 Å². The number of para-hydroxylation sites is 1. The van der Waals surface area contributed by atoms with Crippen LogP contribution in [0.1, 0.15) is 12.0 Å². The third-order valence-corrected chi connectivity index (χ3v) is 2.97. The Morgan fingerprint density at radius 1 is 1.16 bits per heavy atom. The van der Waals surface area contributed by atoms with Gasteiger partial charge >= 0.3 is 0 Å². The van der Waals surface area contributed by atoms with Crippen LogP contribution in [-0.4, -0.2) is 45.4 Å². The van der Waals surface area contributed by atoms with Crippen molar-refractivity contribution < 1.29 is 13.9 Å². The van der Waals surface area contributed by atoms with Crippen molar-refractivity contribution in [3.63, 3.8) is 0 Å². The second-order valence-corrected chi connectivity index (χ2v) is 4.43. The van der Waals surface area contributed by atoms with Gasteiger partial charge in [0.15, 0.2) is 0 Å². The molecular weight excluding hydrogens is 247 g/mol. The highest BCUT2D eigenvalue weighted by atomic mass is 19.1. The molecule has 0 atom stereocenters. The van der Waals surface area contributed by atoms with Crippen molar-refractivity contribution in [1.29, 1.82) is 0 Å².